The third-order valence-electron chi connectivity index (χ3n) is 12.5. The van der Waals surface area contributed by atoms with Gasteiger partial charge in [0.15, 0.2) is 6.10 Å². The number of phosphoric acid groups is 1. The van der Waals surface area contributed by atoms with Gasteiger partial charge in [0.2, 0.25) is 0 Å². The summed E-state index contributed by atoms with van der Waals surface area (Å²) < 4.78 is 34.1. The van der Waals surface area contributed by atoms with Crippen molar-refractivity contribution in [3.8, 4) is 0 Å². The van der Waals surface area contributed by atoms with Gasteiger partial charge in [-0.25, -0.2) is 0 Å². The minimum atomic E-state index is -4.63. The number of carbonyl (C=O) groups excluding carboxylic acids is 2. The normalized spacial score (nSPS) is 13.5. The van der Waals surface area contributed by atoms with Crippen LogP contribution in [0.3, 0.4) is 0 Å². The molecule has 2 atom stereocenters. The summed E-state index contributed by atoms with van der Waals surface area (Å²) in [6.07, 6.45) is 56.4. The molecule has 0 aromatic heterocycles. The van der Waals surface area contributed by atoms with E-state index in [1.165, 1.54) is 199 Å². The van der Waals surface area contributed by atoms with Crippen molar-refractivity contribution in [2.75, 3.05) is 47.5 Å². The maximum atomic E-state index is 12.8. The minimum Gasteiger partial charge on any atom is -0.756 e. The molecule has 0 aromatic rings. The lowest BCUT2D eigenvalue weighted by molar-refractivity contribution is -0.870. The fourth-order valence-corrected chi connectivity index (χ4v) is 8.83. The molecule has 66 heavy (non-hydrogen) atoms. The predicted octanol–water partition coefficient (Wildman–Crippen LogP) is 16.4. The Bertz CT molecular complexity index is 1170. The van der Waals surface area contributed by atoms with Gasteiger partial charge < -0.3 is 27.9 Å². The number of unbranched alkanes of at least 4 members (excludes halogenated alkanes) is 34. The van der Waals surface area contributed by atoms with E-state index in [9.17, 15) is 19.0 Å². The number of esters is 2. The van der Waals surface area contributed by atoms with E-state index in [1.54, 1.807) is 0 Å². The van der Waals surface area contributed by atoms with Gasteiger partial charge in [-0.2, -0.15) is 0 Å². The van der Waals surface area contributed by atoms with Crippen LogP contribution in [0.1, 0.15) is 271 Å². The number of nitrogens with zero attached hydrogens (tertiary/aromatic N) is 1. The molecule has 0 aliphatic carbocycles. The number of rotatable bonds is 52. The fraction of sp³-hybridized carbons (Fsp3) is 0.893. The molecule has 0 aromatic carbocycles. The highest BCUT2D eigenvalue weighted by molar-refractivity contribution is 7.45. The average molecular weight is 954 g/mol. The highest BCUT2D eigenvalue weighted by atomic mass is 31.2. The Morgan fingerprint density at radius 1 is 0.470 bits per heavy atom. The van der Waals surface area contributed by atoms with Crippen LogP contribution in [0, 0.1) is 0 Å². The summed E-state index contributed by atoms with van der Waals surface area (Å²) in [6.45, 7) is 4.26. The molecule has 390 valence electrons. The van der Waals surface area contributed by atoms with E-state index >= 15 is 0 Å². The van der Waals surface area contributed by atoms with Crippen molar-refractivity contribution in [2.45, 2.75) is 277 Å². The molecule has 0 fully saturated rings. The number of hydrogen-bond donors (Lipinski definition) is 0. The van der Waals surface area contributed by atoms with Crippen LogP contribution in [0.4, 0.5) is 0 Å². The van der Waals surface area contributed by atoms with Gasteiger partial charge in [0.05, 0.1) is 27.7 Å². The Morgan fingerprint density at radius 2 is 0.818 bits per heavy atom. The number of ether oxygens (including phenoxy) is 2. The molecule has 0 amide bonds. The molecule has 0 rings (SSSR count). The molecule has 0 N–H and O–H groups in total. The van der Waals surface area contributed by atoms with Crippen LogP contribution in [0.5, 0.6) is 0 Å². The standard InChI is InChI=1S/C56H108NO8P/c1-6-8-10-12-14-16-18-20-22-24-26-27-28-29-31-33-35-37-39-41-43-45-47-49-56(59)65-54(53-64-66(60,61)63-51-50-57(3,4)5)52-62-55(58)48-46-44-42-40-38-36-34-32-30-25-23-21-19-17-15-13-11-9-7-2/h15,17,21,23,54H,6-14,16,18-20,22,24-53H2,1-5H3/b17-15+,23-21+/t54-/m1/s1. The lowest BCUT2D eigenvalue weighted by Crippen LogP contribution is -2.37. The summed E-state index contributed by atoms with van der Waals surface area (Å²) >= 11 is 0. The number of likely N-dealkylation sites (N-methyl/N-ethyl adjacent to an activating group) is 1. The summed E-state index contributed by atoms with van der Waals surface area (Å²) in [4.78, 5) is 37.8. The van der Waals surface area contributed by atoms with Crippen molar-refractivity contribution < 1.29 is 42.1 Å². The smallest absolute Gasteiger partial charge is 0.306 e. The lowest BCUT2D eigenvalue weighted by atomic mass is 10.0. The second-order valence-corrected chi connectivity index (χ2v) is 21.7. The third-order valence-corrected chi connectivity index (χ3v) is 13.4. The zero-order chi connectivity index (χ0) is 48.5. The van der Waals surface area contributed by atoms with Gasteiger partial charge in [0.25, 0.3) is 7.82 Å². The highest BCUT2D eigenvalue weighted by Crippen LogP contribution is 2.38. The SMILES string of the molecule is CCCCC/C=C/C/C=C/CCCCCCCCCCCC(=O)OC[C@H](COP(=O)([O-])OCC[N+](C)(C)C)OC(=O)CCCCCCCCCCCCCCCCCCCCCCCCC. The Morgan fingerprint density at radius 3 is 1.23 bits per heavy atom. The van der Waals surface area contributed by atoms with Gasteiger partial charge in [-0.15, -0.1) is 0 Å². The van der Waals surface area contributed by atoms with Crippen molar-refractivity contribution in [1.82, 2.24) is 0 Å². The molecule has 0 saturated heterocycles. The second-order valence-electron chi connectivity index (χ2n) is 20.3. The molecule has 0 saturated carbocycles. The molecular weight excluding hydrogens is 846 g/mol. The van der Waals surface area contributed by atoms with E-state index in [1.807, 2.05) is 21.1 Å². The number of quaternary nitrogens is 1. The maximum Gasteiger partial charge on any atom is 0.306 e. The average Bonchev–Trinajstić information content (AvgIpc) is 3.27. The van der Waals surface area contributed by atoms with Crippen molar-refractivity contribution in [3.05, 3.63) is 24.3 Å². The van der Waals surface area contributed by atoms with Gasteiger partial charge >= 0.3 is 11.9 Å². The maximum absolute atomic E-state index is 12.8. The first-order valence-corrected chi connectivity index (χ1v) is 29.5. The predicted molar refractivity (Wildman–Crippen MR) is 278 cm³/mol. The molecule has 0 bridgehead atoms. The first kappa shape index (κ1) is 64.5. The molecular formula is C56H108NO8P. The van der Waals surface area contributed by atoms with E-state index in [-0.39, 0.29) is 32.0 Å². The van der Waals surface area contributed by atoms with Crippen molar-refractivity contribution in [3.63, 3.8) is 0 Å². The van der Waals surface area contributed by atoms with Crippen molar-refractivity contribution in [2.24, 2.45) is 0 Å². The Balaban J connectivity index is 4.16. The molecule has 0 aliphatic heterocycles. The van der Waals surface area contributed by atoms with Crippen LogP contribution in [0.25, 0.3) is 0 Å². The second kappa shape index (κ2) is 48.5. The zero-order valence-electron chi connectivity index (χ0n) is 44.2. The summed E-state index contributed by atoms with van der Waals surface area (Å²) in [6, 6.07) is 0. The molecule has 0 aliphatic rings. The Labute approximate surface area is 409 Å². The van der Waals surface area contributed by atoms with Gasteiger partial charge in [-0.05, 0) is 44.9 Å². The first-order chi connectivity index (χ1) is 32.0. The topological polar surface area (TPSA) is 111 Å². The van der Waals surface area contributed by atoms with E-state index in [0.717, 1.165) is 38.5 Å². The van der Waals surface area contributed by atoms with Crippen LogP contribution in [-0.4, -0.2) is 70.0 Å². The van der Waals surface area contributed by atoms with E-state index in [4.69, 9.17) is 18.5 Å². The van der Waals surface area contributed by atoms with E-state index in [2.05, 4.69) is 38.2 Å². The van der Waals surface area contributed by atoms with Crippen LogP contribution in [-0.2, 0) is 32.7 Å². The first-order valence-electron chi connectivity index (χ1n) is 28.0. The van der Waals surface area contributed by atoms with Crippen LogP contribution >= 0.6 is 7.82 Å². The quantitative estimate of drug-likeness (QED) is 0.0195. The van der Waals surface area contributed by atoms with E-state index < -0.39 is 26.5 Å². The summed E-state index contributed by atoms with van der Waals surface area (Å²) in [5.41, 5.74) is 0. The molecule has 0 spiro atoms. The molecule has 0 heterocycles. The van der Waals surface area contributed by atoms with Crippen LogP contribution in [0.2, 0.25) is 0 Å². The molecule has 10 heteroatoms. The summed E-state index contributed by atoms with van der Waals surface area (Å²) in [5, 5.41) is 0. The largest absolute Gasteiger partial charge is 0.756 e. The molecule has 9 nitrogen and oxygen atoms in total. The van der Waals surface area contributed by atoms with Gasteiger partial charge in [0.1, 0.15) is 19.8 Å². The fourth-order valence-electron chi connectivity index (χ4n) is 8.10. The van der Waals surface area contributed by atoms with Crippen LogP contribution in [0.15, 0.2) is 24.3 Å². The summed E-state index contributed by atoms with van der Waals surface area (Å²) in [5.74, 6) is -0.824. The highest BCUT2D eigenvalue weighted by Gasteiger charge is 2.22. The zero-order valence-corrected chi connectivity index (χ0v) is 45.1. The van der Waals surface area contributed by atoms with Crippen molar-refractivity contribution in [1.29, 1.82) is 0 Å². The van der Waals surface area contributed by atoms with E-state index in [0.29, 0.717) is 17.4 Å². The molecule has 1 unspecified atom stereocenters. The molecule has 0 radical (unpaired) electrons. The van der Waals surface area contributed by atoms with Gasteiger partial charge in [-0.1, -0.05) is 237 Å². The monoisotopic (exact) mass is 954 g/mol. The Kier molecular flexibility index (Phi) is 47.4. The van der Waals surface area contributed by atoms with Crippen LogP contribution < -0.4 is 4.89 Å². The minimum absolute atomic E-state index is 0.0289. The third kappa shape index (κ3) is 51.9. The van der Waals surface area contributed by atoms with Gasteiger partial charge in [-0.3, -0.25) is 14.2 Å². The summed E-state index contributed by atoms with van der Waals surface area (Å²) in [7, 11) is 1.18. The van der Waals surface area contributed by atoms with Crippen molar-refractivity contribution >= 4 is 19.8 Å². The number of hydrogen-bond acceptors (Lipinski definition) is 8. The Hall–Kier alpha value is -1.51. The lowest BCUT2D eigenvalue weighted by Gasteiger charge is -2.28. The van der Waals surface area contributed by atoms with Gasteiger partial charge in [0, 0.05) is 12.8 Å². The number of carbonyl (C=O) groups is 2. The number of allylic oxidation sites excluding steroid dienone is 4. The number of phosphoric ester groups is 1.